The van der Waals surface area contributed by atoms with Crippen molar-refractivity contribution in [3.63, 3.8) is 0 Å². The minimum atomic E-state index is -1.29. The number of anilines is 1. The van der Waals surface area contributed by atoms with E-state index in [1.807, 2.05) is 19.1 Å². The number of carboxylic acid groups (broad SMARTS) is 1. The highest BCUT2D eigenvalue weighted by atomic mass is 16.4. The van der Waals surface area contributed by atoms with Gasteiger partial charge in [0.15, 0.2) is 0 Å². The van der Waals surface area contributed by atoms with E-state index in [2.05, 4.69) is 0 Å². The van der Waals surface area contributed by atoms with Crippen LogP contribution in [0.1, 0.15) is 23.7 Å². The van der Waals surface area contributed by atoms with Gasteiger partial charge in [0.05, 0.1) is 23.5 Å². The van der Waals surface area contributed by atoms with Crippen molar-refractivity contribution >= 4 is 23.5 Å². The van der Waals surface area contributed by atoms with Crippen LogP contribution < -0.4 is 10.0 Å². The fraction of sp³-hybridized carbons (Fsp3) is 0.312. The summed E-state index contributed by atoms with van der Waals surface area (Å²) < 4.78 is 0. The number of rotatable bonds is 2. The molecule has 0 N–H and O–H groups in total. The van der Waals surface area contributed by atoms with Crippen molar-refractivity contribution in [1.82, 2.24) is 0 Å². The second kappa shape index (κ2) is 4.84. The maximum absolute atomic E-state index is 12.5. The molecule has 1 saturated heterocycles. The highest BCUT2D eigenvalue weighted by Gasteiger charge is 2.50. The second-order valence-electron chi connectivity index (χ2n) is 5.50. The Morgan fingerprint density at radius 3 is 2.43 bits per heavy atom. The smallest absolute Gasteiger partial charge is 0.238 e. The first kappa shape index (κ1) is 13.5. The summed E-state index contributed by atoms with van der Waals surface area (Å²) in [5, 5.41) is 10.7. The number of benzene rings is 1. The van der Waals surface area contributed by atoms with Crippen molar-refractivity contribution in [1.29, 1.82) is 0 Å². The Morgan fingerprint density at radius 2 is 1.86 bits per heavy atom. The SMILES string of the molecule is C[C@H]1C=CC[C@H]2C(=O)N(c3ccc(C(=O)[O-])cc3)C(=O)[C@H]12. The average Bonchev–Trinajstić information content (AvgIpc) is 2.72. The van der Waals surface area contributed by atoms with Crippen LogP contribution in [0, 0.1) is 17.8 Å². The van der Waals surface area contributed by atoms with E-state index in [1.54, 1.807) is 0 Å². The number of allylic oxidation sites excluding steroid dienone is 2. The molecule has 5 heteroatoms. The van der Waals surface area contributed by atoms with Crippen LogP contribution in [0.3, 0.4) is 0 Å². The monoisotopic (exact) mass is 284 g/mol. The maximum atomic E-state index is 12.5. The van der Waals surface area contributed by atoms with Crippen LogP contribution in [-0.4, -0.2) is 17.8 Å². The Morgan fingerprint density at radius 1 is 1.19 bits per heavy atom. The summed E-state index contributed by atoms with van der Waals surface area (Å²) in [6.07, 6.45) is 4.49. The highest BCUT2D eigenvalue weighted by Crippen LogP contribution is 2.40. The van der Waals surface area contributed by atoms with Crippen LogP contribution in [0.25, 0.3) is 0 Å². The van der Waals surface area contributed by atoms with Crippen LogP contribution in [0.15, 0.2) is 36.4 Å². The van der Waals surface area contributed by atoms with E-state index in [1.165, 1.54) is 29.2 Å². The third-order valence-electron chi connectivity index (χ3n) is 4.23. The zero-order chi connectivity index (χ0) is 15.1. The predicted octanol–water partition coefficient (Wildman–Crippen LogP) is 0.752. The van der Waals surface area contributed by atoms with Crippen LogP contribution in [0.2, 0.25) is 0 Å². The summed E-state index contributed by atoms with van der Waals surface area (Å²) >= 11 is 0. The first-order valence-electron chi connectivity index (χ1n) is 6.86. The number of hydrogen-bond donors (Lipinski definition) is 0. The largest absolute Gasteiger partial charge is 0.545 e. The Hall–Kier alpha value is -2.43. The van der Waals surface area contributed by atoms with Gasteiger partial charge in [-0.25, -0.2) is 0 Å². The Kier molecular flexibility index (Phi) is 3.12. The maximum Gasteiger partial charge on any atom is 0.238 e. The minimum absolute atomic E-state index is 0.0188. The molecule has 2 amide bonds. The van der Waals surface area contributed by atoms with Gasteiger partial charge in [0.25, 0.3) is 0 Å². The predicted molar refractivity (Wildman–Crippen MR) is 73.2 cm³/mol. The summed E-state index contributed by atoms with van der Waals surface area (Å²) in [4.78, 5) is 36.9. The van der Waals surface area contributed by atoms with Crippen molar-refractivity contribution < 1.29 is 19.5 Å². The van der Waals surface area contributed by atoms with Crippen molar-refractivity contribution in [3.8, 4) is 0 Å². The number of carbonyl (C=O) groups excluding carboxylic acids is 3. The summed E-state index contributed by atoms with van der Waals surface area (Å²) in [6.45, 7) is 1.93. The van der Waals surface area contributed by atoms with Gasteiger partial charge in [-0.05, 0) is 30.0 Å². The number of carboxylic acids is 1. The molecule has 0 spiro atoms. The summed E-state index contributed by atoms with van der Waals surface area (Å²) in [5.41, 5.74) is 0.432. The van der Waals surface area contributed by atoms with Crippen LogP contribution in [-0.2, 0) is 9.59 Å². The molecule has 1 aliphatic heterocycles. The van der Waals surface area contributed by atoms with Crippen LogP contribution >= 0.6 is 0 Å². The molecule has 21 heavy (non-hydrogen) atoms. The Labute approximate surface area is 121 Å². The van der Waals surface area contributed by atoms with E-state index in [0.29, 0.717) is 12.1 Å². The quantitative estimate of drug-likeness (QED) is 0.593. The molecule has 3 rings (SSSR count). The molecule has 3 atom stereocenters. The third kappa shape index (κ3) is 2.05. The Balaban J connectivity index is 1.94. The van der Waals surface area contributed by atoms with E-state index >= 15 is 0 Å². The highest BCUT2D eigenvalue weighted by molar-refractivity contribution is 6.22. The number of fused-ring (bicyclic) bond motifs is 1. The van der Waals surface area contributed by atoms with E-state index in [4.69, 9.17) is 0 Å². The summed E-state index contributed by atoms with van der Waals surface area (Å²) in [6, 6.07) is 5.62. The molecule has 108 valence electrons. The average molecular weight is 284 g/mol. The van der Waals surface area contributed by atoms with Gasteiger partial charge in [0, 0.05) is 0 Å². The van der Waals surface area contributed by atoms with Gasteiger partial charge in [0.2, 0.25) is 11.8 Å². The van der Waals surface area contributed by atoms with Gasteiger partial charge in [-0.1, -0.05) is 31.2 Å². The van der Waals surface area contributed by atoms with Crippen LogP contribution in [0.5, 0.6) is 0 Å². The lowest BCUT2D eigenvalue weighted by Gasteiger charge is -2.22. The molecule has 1 aromatic carbocycles. The zero-order valence-electron chi connectivity index (χ0n) is 11.5. The number of imide groups is 1. The lowest BCUT2D eigenvalue weighted by Crippen LogP contribution is -2.31. The Bertz CT molecular complexity index is 647. The van der Waals surface area contributed by atoms with E-state index in [9.17, 15) is 19.5 Å². The molecule has 0 aromatic heterocycles. The molecule has 0 bridgehead atoms. The molecule has 1 heterocycles. The van der Waals surface area contributed by atoms with Gasteiger partial charge < -0.3 is 9.90 Å². The van der Waals surface area contributed by atoms with Crippen molar-refractivity contribution in [2.75, 3.05) is 4.90 Å². The molecule has 1 fully saturated rings. The van der Waals surface area contributed by atoms with Gasteiger partial charge >= 0.3 is 0 Å². The zero-order valence-corrected chi connectivity index (χ0v) is 11.5. The molecule has 1 aromatic rings. The van der Waals surface area contributed by atoms with E-state index in [0.717, 1.165) is 0 Å². The number of hydrogen-bond acceptors (Lipinski definition) is 4. The molecule has 0 unspecified atom stereocenters. The van der Waals surface area contributed by atoms with Crippen LogP contribution in [0.4, 0.5) is 5.69 Å². The minimum Gasteiger partial charge on any atom is -0.545 e. The molecule has 0 saturated carbocycles. The second-order valence-corrected chi connectivity index (χ2v) is 5.50. The lowest BCUT2D eigenvalue weighted by molar-refractivity contribution is -0.255. The standard InChI is InChI=1S/C16H15NO4/c1-9-3-2-4-12-13(9)15(19)17(14(12)18)11-7-5-10(6-8-11)16(20)21/h2-3,5-9,12-13H,4H2,1H3,(H,20,21)/p-1/t9-,12+,13+/m0/s1. The van der Waals surface area contributed by atoms with Gasteiger partial charge in [-0.15, -0.1) is 0 Å². The molecule has 1 aliphatic carbocycles. The van der Waals surface area contributed by atoms with Crippen molar-refractivity contribution in [2.24, 2.45) is 17.8 Å². The number of amides is 2. The summed E-state index contributed by atoms with van der Waals surface area (Å²) in [5.74, 6) is -2.29. The van der Waals surface area contributed by atoms with Gasteiger partial charge in [-0.3, -0.25) is 14.5 Å². The molecule has 0 radical (unpaired) electrons. The normalized spacial score (nSPS) is 27.9. The van der Waals surface area contributed by atoms with Crippen molar-refractivity contribution in [3.05, 3.63) is 42.0 Å². The topological polar surface area (TPSA) is 77.5 Å². The first-order valence-corrected chi connectivity index (χ1v) is 6.86. The number of aromatic carboxylic acids is 1. The third-order valence-corrected chi connectivity index (χ3v) is 4.23. The molecule has 5 nitrogen and oxygen atoms in total. The fourth-order valence-corrected chi connectivity index (χ4v) is 3.15. The van der Waals surface area contributed by atoms with E-state index in [-0.39, 0.29) is 35.1 Å². The molecular formula is C16H14NO4-. The number of carbonyl (C=O) groups is 3. The molecule has 2 aliphatic rings. The summed E-state index contributed by atoms with van der Waals surface area (Å²) in [7, 11) is 0. The number of nitrogens with zero attached hydrogens (tertiary/aromatic N) is 1. The van der Waals surface area contributed by atoms with Gasteiger partial charge in [-0.2, -0.15) is 0 Å². The lowest BCUT2D eigenvalue weighted by atomic mass is 9.78. The first-order chi connectivity index (χ1) is 10.0. The van der Waals surface area contributed by atoms with Gasteiger partial charge in [0.1, 0.15) is 0 Å². The molecular weight excluding hydrogens is 270 g/mol. The van der Waals surface area contributed by atoms with E-state index < -0.39 is 5.97 Å². The van der Waals surface area contributed by atoms with Crippen molar-refractivity contribution in [2.45, 2.75) is 13.3 Å². The fourth-order valence-electron chi connectivity index (χ4n) is 3.15.